The Morgan fingerprint density at radius 1 is 1.32 bits per heavy atom. The number of cyclic esters (lactones) is 2. The molecule has 1 heterocycles. The van der Waals surface area contributed by atoms with E-state index in [1.165, 1.54) is 0 Å². The van der Waals surface area contributed by atoms with Crippen molar-refractivity contribution in [2.45, 2.75) is 25.4 Å². The molecule has 0 aliphatic carbocycles. The third-order valence-corrected chi connectivity index (χ3v) is 3.71. The van der Waals surface area contributed by atoms with Gasteiger partial charge in [0.1, 0.15) is 12.4 Å². The van der Waals surface area contributed by atoms with Crippen LogP contribution in [0, 0.1) is 6.92 Å². The van der Waals surface area contributed by atoms with Gasteiger partial charge in [-0.1, -0.05) is 29.8 Å². The van der Waals surface area contributed by atoms with E-state index >= 15 is 0 Å². The largest absolute Gasteiger partial charge is 0.510 e. The Kier molecular flexibility index (Phi) is 4.06. The third kappa shape index (κ3) is 4.22. The van der Waals surface area contributed by atoms with Gasteiger partial charge >= 0.3 is 6.16 Å². The molecular weight excluding hydrogens is 272 g/mol. The van der Waals surface area contributed by atoms with E-state index in [2.05, 4.69) is 9.47 Å². The molecule has 19 heavy (non-hydrogen) atoms. The summed E-state index contributed by atoms with van der Waals surface area (Å²) in [6.07, 6.45) is -1.82. The first kappa shape index (κ1) is 13.8. The van der Waals surface area contributed by atoms with E-state index in [4.69, 9.17) is 4.18 Å². The van der Waals surface area contributed by atoms with Gasteiger partial charge < -0.3 is 9.47 Å². The molecule has 0 radical (unpaired) electrons. The molecule has 0 saturated carbocycles. The smallest absolute Gasteiger partial charge is 0.434 e. The monoisotopic (exact) mass is 286 g/mol. The zero-order valence-electron chi connectivity index (χ0n) is 10.4. The normalized spacial score (nSPS) is 19.6. The highest BCUT2D eigenvalue weighted by atomic mass is 32.2. The second kappa shape index (κ2) is 5.58. The highest BCUT2D eigenvalue weighted by Gasteiger charge is 2.27. The Bertz CT molecular complexity index is 548. The van der Waals surface area contributed by atoms with E-state index in [1.54, 1.807) is 12.1 Å². The van der Waals surface area contributed by atoms with Crippen molar-refractivity contribution in [1.82, 2.24) is 0 Å². The van der Waals surface area contributed by atoms with E-state index in [-0.39, 0.29) is 18.8 Å². The molecule has 1 aliphatic rings. The number of aryl methyl sites for hydroxylation is 1. The van der Waals surface area contributed by atoms with Gasteiger partial charge in [0.25, 0.3) is 10.1 Å². The lowest BCUT2D eigenvalue weighted by Gasteiger charge is -2.21. The fourth-order valence-corrected chi connectivity index (χ4v) is 2.72. The van der Waals surface area contributed by atoms with Crippen LogP contribution in [0.3, 0.4) is 0 Å². The molecule has 1 fully saturated rings. The SMILES string of the molecule is Cc1ccc(CS(=O)(=O)OC2CCOC(=O)O2)cc1. The van der Waals surface area contributed by atoms with Crippen LogP contribution in [0.1, 0.15) is 17.5 Å². The molecule has 1 unspecified atom stereocenters. The van der Waals surface area contributed by atoms with Crippen LogP contribution in [0.15, 0.2) is 24.3 Å². The number of hydrogen-bond acceptors (Lipinski definition) is 6. The molecule has 1 aromatic rings. The summed E-state index contributed by atoms with van der Waals surface area (Å²) in [5.74, 6) is -0.262. The van der Waals surface area contributed by atoms with Crippen LogP contribution in [0.5, 0.6) is 0 Å². The maximum Gasteiger partial charge on any atom is 0.510 e. The van der Waals surface area contributed by atoms with Crippen molar-refractivity contribution in [2.75, 3.05) is 6.61 Å². The van der Waals surface area contributed by atoms with Crippen molar-refractivity contribution < 1.29 is 26.9 Å². The average molecular weight is 286 g/mol. The molecule has 2 rings (SSSR count). The van der Waals surface area contributed by atoms with E-state index in [1.807, 2.05) is 19.1 Å². The van der Waals surface area contributed by atoms with Crippen LogP contribution in [0.4, 0.5) is 4.79 Å². The second-order valence-electron chi connectivity index (χ2n) is 4.22. The van der Waals surface area contributed by atoms with Crippen LogP contribution in [-0.4, -0.2) is 27.5 Å². The lowest BCUT2D eigenvalue weighted by atomic mass is 10.2. The minimum atomic E-state index is -3.80. The van der Waals surface area contributed by atoms with Gasteiger partial charge in [0.05, 0.1) is 0 Å². The molecule has 7 heteroatoms. The minimum Gasteiger partial charge on any atom is -0.434 e. The molecule has 0 spiro atoms. The molecule has 1 atom stereocenters. The van der Waals surface area contributed by atoms with Gasteiger partial charge in [0.2, 0.25) is 6.29 Å². The number of carbonyl (C=O) groups excluding carboxylic acids is 1. The third-order valence-electron chi connectivity index (χ3n) is 2.52. The summed E-state index contributed by atoms with van der Waals surface area (Å²) in [4.78, 5) is 10.8. The molecule has 1 aromatic carbocycles. The van der Waals surface area contributed by atoms with Crippen molar-refractivity contribution in [3.8, 4) is 0 Å². The number of benzene rings is 1. The number of rotatable bonds is 4. The van der Waals surface area contributed by atoms with Gasteiger partial charge in [-0.15, -0.1) is 0 Å². The van der Waals surface area contributed by atoms with Gasteiger partial charge in [-0.05, 0) is 12.5 Å². The topological polar surface area (TPSA) is 78.9 Å². The molecular formula is C12H14O6S. The molecule has 0 bridgehead atoms. The first-order chi connectivity index (χ1) is 8.94. The fourth-order valence-electron chi connectivity index (χ4n) is 1.59. The van der Waals surface area contributed by atoms with E-state index in [0.29, 0.717) is 5.56 Å². The minimum absolute atomic E-state index is 0.0869. The molecule has 1 aliphatic heterocycles. The summed E-state index contributed by atoms with van der Waals surface area (Å²) in [5.41, 5.74) is 1.66. The fraction of sp³-hybridized carbons (Fsp3) is 0.417. The van der Waals surface area contributed by atoms with Gasteiger partial charge in [0, 0.05) is 6.42 Å². The second-order valence-corrected chi connectivity index (χ2v) is 5.81. The highest BCUT2D eigenvalue weighted by Crippen LogP contribution is 2.16. The molecule has 1 saturated heterocycles. The van der Waals surface area contributed by atoms with E-state index in [0.717, 1.165) is 5.56 Å². The Labute approximate surface area is 111 Å². The summed E-state index contributed by atoms with van der Waals surface area (Å²) < 4.78 is 37.6. The number of carbonyl (C=O) groups is 1. The van der Waals surface area contributed by atoms with Crippen molar-refractivity contribution >= 4 is 16.3 Å². The molecule has 104 valence electrons. The molecule has 0 aromatic heterocycles. The lowest BCUT2D eigenvalue weighted by Crippen LogP contribution is -2.31. The van der Waals surface area contributed by atoms with Crippen LogP contribution >= 0.6 is 0 Å². The van der Waals surface area contributed by atoms with Crippen molar-refractivity contribution in [3.63, 3.8) is 0 Å². The van der Waals surface area contributed by atoms with Gasteiger partial charge in [-0.2, -0.15) is 8.42 Å². The summed E-state index contributed by atoms with van der Waals surface area (Å²) in [6, 6.07) is 7.07. The molecule has 0 amide bonds. The van der Waals surface area contributed by atoms with Gasteiger partial charge in [-0.25, -0.2) is 8.98 Å². The predicted molar refractivity (Wildman–Crippen MR) is 65.7 cm³/mol. The standard InChI is InChI=1S/C12H14O6S/c1-9-2-4-10(5-3-9)8-19(14,15)18-11-6-7-16-12(13)17-11/h2-5,11H,6-8H2,1H3. The zero-order valence-corrected chi connectivity index (χ0v) is 11.2. The van der Waals surface area contributed by atoms with Crippen LogP contribution < -0.4 is 0 Å². The van der Waals surface area contributed by atoms with Crippen LogP contribution in [-0.2, 0) is 29.5 Å². The lowest BCUT2D eigenvalue weighted by molar-refractivity contribution is -0.103. The summed E-state index contributed by atoms with van der Waals surface area (Å²) in [7, 11) is -3.80. The van der Waals surface area contributed by atoms with Gasteiger partial charge in [0.15, 0.2) is 0 Å². The Morgan fingerprint density at radius 3 is 2.63 bits per heavy atom. The van der Waals surface area contributed by atoms with Crippen molar-refractivity contribution in [2.24, 2.45) is 0 Å². The zero-order chi connectivity index (χ0) is 13.9. The maximum absolute atomic E-state index is 11.8. The first-order valence-electron chi connectivity index (χ1n) is 5.74. The highest BCUT2D eigenvalue weighted by molar-refractivity contribution is 7.85. The average Bonchev–Trinajstić information content (AvgIpc) is 2.31. The Morgan fingerprint density at radius 2 is 2.00 bits per heavy atom. The van der Waals surface area contributed by atoms with E-state index in [9.17, 15) is 13.2 Å². The number of ether oxygens (including phenoxy) is 2. The van der Waals surface area contributed by atoms with Gasteiger partial charge in [-0.3, -0.25) is 0 Å². The molecule has 0 N–H and O–H groups in total. The Balaban J connectivity index is 1.98. The summed E-state index contributed by atoms with van der Waals surface area (Å²) >= 11 is 0. The summed E-state index contributed by atoms with van der Waals surface area (Å²) in [5, 5.41) is 0. The van der Waals surface area contributed by atoms with Crippen molar-refractivity contribution in [1.29, 1.82) is 0 Å². The summed E-state index contributed by atoms with van der Waals surface area (Å²) in [6.45, 7) is 2.00. The first-order valence-corrected chi connectivity index (χ1v) is 7.32. The number of hydrogen-bond donors (Lipinski definition) is 0. The molecule has 6 nitrogen and oxygen atoms in total. The predicted octanol–water partition coefficient (Wildman–Crippen LogP) is 1.72. The van der Waals surface area contributed by atoms with E-state index < -0.39 is 22.6 Å². The quantitative estimate of drug-likeness (QED) is 0.619. The van der Waals surface area contributed by atoms with Crippen molar-refractivity contribution in [3.05, 3.63) is 35.4 Å². The van der Waals surface area contributed by atoms with Crippen LogP contribution in [0.25, 0.3) is 0 Å². The maximum atomic E-state index is 11.8. The Hall–Kier alpha value is -1.60. The van der Waals surface area contributed by atoms with Crippen LogP contribution in [0.2, 0.25) is 0 Å².